The lowest BCUT2D eigenvalue weighted by Crippen LogP contribution is -2.69. The molecule has 2 saturated carbocycles. The number of nitrogens with zero attached hydrogens (tertiary/aromatic N) is 1. The second-order valence-corrected chi connectivity index (χ2v) is 9.64. The van der Waals surface area contributed by atoms with Gasteiger partial charge in [-0.05, 0) is 43.9 Å². The minimum Gasteiger partial charge on any atom is -0.446 e. The van der Waals surface area contributed by atoms with E-state index in [1.807, 2.05) is 6.92 Å². The van der Waals surface area contributed by atoms with Crippen molar-refractivity contribution in [2.75, 3.05) is 13.1 Å². The number of amides is 1. The Labute approximate surface area is 160 Å². The van der Waals surface area contributed by atoms with E-state index in [0.29, 0.717) is 31.3 Å². The van der Waals surface area contributed by atoms with Gasteiger partial charge in [-0.2, -0.15) is 0 Å². The number of hydrogen-bond donors (Lipinski definition) is 1. The van der Waals surface area contributed by atoms with E-state index in [-0.39, 0.29) is 30.1 Å². The fraction of sp³-hybridized carbons (Fsp3) is 0.950. The first-order valence-electron chi connectivity index (χ1n) is 10.5. The zero-order valence-corrected chi connectivity index (χ0v) is 16.4. The highest BCUT2D eigenvalue weighted by molar-refractivity contribution is 5.69. The summed E-state index contributed by atoms with van der Waals surface area (Å²) in [6.45, 7) is 7.18. The third kappa shape index (κ3) is 2.58. The summed E-state index contributed by atoms with van der Waals surface area (Å²) in [6, 6.07) is 0. The van der Waals surface area contributed by atoms with E-state index in [2.05, 4.69) is 13.8 Å². The summed E-state index contributed by atoms with van der Waals surface area (Å²) in [5, 5.41) is 9.45. The number of hydrogen-bond acceptors (Lipinski definition) is 6. The number of carbonyl (C=O) groups excluding carboxylic acids is 1. The van der Waals surface area contributed by atoms with Gasteiger partial charge < -0.3 is 19.5 Å². The van der Waals surface area contributed by atoms with Gasteiger partial charge in [-0.15, -0.1) is 0 Å². The molecule has 0 aromatic heterocycles. The van der Waals surface area contributed by atoms with Gasteiger partial charge in [-0.1, -0.05) is 13.8 Å². The van der Waals surface area contributed by atoms with Crippen LogP contribution in [0, 0.1) is 23.7 Å². The lowest BCUT2D eigenvalue weighted by atomic mass is 9.53. The van der Waals surface area contributed by atoms with Crippen molar-refractivity contribution < 1.29 is 29.1 Å². The second kappa shape index (κ2) is 6.05. The number of carbonyl (C=O) groups is 1. The molecule has 0 aromatic rings. The highest BCUT2D eigenvalue weighted by atomic mass is 17.3. The highest BCUT2D eigenvalue weighted by Gasteiger charge is 2.68. The smallest absolute Gasteiger partial charge is 0.410 e. The lowest BCUT2D eigenvalue weighted by Gasteiger charge is -2.60. The van der Waals surface area contributed by atoms with Crippen molar-refractivity contribution >= 4 is 6.09 Å². The van der Waals surface area contributed by atoms with Gasteiger partial charge >= 0.3 is 6.09 Å². The lowest BCUT2D eigenvalue weighted by molar-refractivity contribution is -0.540. The molecule has 0 aromatic carbocycles. The standard InChI is InChI=1S/C20H31NO6/c1-11-4-5-15-12(2)16(24-18(23)21-9-13(22)10-21)8-17-20(15)14(11)6-7-19(3,25-17)26-27-20/h11-17,22H,4-10H2,1-3H3/t11-,12-,14+,15+,16+,17+,19-,20-/m1/s1. The molecule has 7 heteroatoms. The zero-order chi connectivity index (χ0) is 19.0. The maximum absolute atomic E-state index is 12.5. The average Bonchev–Trinajstić information content (AvgIpc) is 2.83. The van der Waals surface area contributed by atoms with Crippen LogP contribution in [0.25, 0.3) is 0 Å². The first kappa shape index (κ1) is 18.2. The predicted octanol–water partition coefficient (Wildman–Crippen LogP) is 2.47. The van der Waals surface area contributed by atoms with Gasteiger partial charge in [0.15, 0.2) is 5.79 Å². The monoisotopic (exact) mass is 381 g/mol. The molecule has 0 unspecified atom stereocenters. The molecule has 2 bridgehead atoms. The largest absolute Gasteiger partial charge is 0.446 e. The molecule has 6 rings (SSSR count). The van der Waals surface area contributed by atoms with Crippen LogP contribution in [0.1, 0.15) is 52.9 Å². The van der Waals surface area contributed by atoms with Crippen molar-refractivity contribution in [3.05, 3.63) is 0 Å². The number of aliphatic hydroxyl groups excluding tert-OH is 1. The number of aliphatic hydroxyl groups is 1. The number of β-amino-alcohol motifs (C(OH)–C–C–N with tert-alkyl or cyclic N) is 1. The third-order valence-electron chi connectivity index (χ3n) is 7.99. The number of fused-ring (bicyclic) bond motifs is 2. The van der Waals surface area contributed by atoms with Crippen LogP contribution in [0.3, 0.4) is 0 Å². The minimum atomic E-state index is -0.714. The summed E-state index contributed by atoms with van der Waals surface area (Å²) in [7, 11) is 0. The van der Waals surface area contributed by atoms with E-state index in [1.54, 1.807) is 4.90 Å². The Bertz CT molecular complexity index is 624. The molecule has 1 N–H and O–H groups in total. The van der Waals surface area contributed by atoms with Gasteiger partial charge in [0, 0.05) is 18.8 Å². The Kier molecular flexibility index (Phi) is 4.07. The molecule has 7 nitrogen and oxygen atoms in total. The Morgan fingerprint density at radius 3 is 2.67 bits per heavy atom. The van der Waals surface area contributed by atoms with Gasteiger partial charge in [0.2, 0.25) is 0 Å². The first-order valence-corrected chi connectivity index (χ1v) is 10.5. The van der Waals surface area contributed by atoms with Crippen LogP contribution in [0.5, 0.6) is 0 Å². The molecule has 152 valence electrons. The normalized spacial score (nSPS) is 51.9. The van der Waals surface area contributed by atoms with Gasteiger partial charge in [0.1, 0.15) is 11.7 Å². The van der Waals surface area contributed by atoms with E-state index < -0.39 is 17.5 Å². The van der Waals surface area contributed by atoms with Crippen LogP contribution in [0.2, 0.25) is 0 Å². The Morgan fingerprint density at radius 2 is 1.93 bits per heavy atom. The van der Waals surface area contributed by atoms with E-state index in [9.17, 15) is 9.90 Å². The minimum absolute atomic E-state index is 0.118. The Morgan fingerprint density at radius 1 is 1.15 bits per heavy atom. The van der Waals surface area contributed by atoms with E-state index >= 15 is 0 Å². The van der Waals surface area contributed by atoms with Crippen molar-refractivity contribution in [2.24, 2.45) is 23.7 Å². The van der Waals surface area contributed by atoms with Crippen molar-refractivity contribution in [3.8, 4) is 0 Å². The quantitative estimate of drug-likeness (QED) is 0.703. The van der Waals surface area contributed by atoms with Crippen LogP contribution in [0.15, 0.2) is 0 Å². The number of rotatable bonds is 1. The van der Waals surface area contributed by atoms with Crippen molar-refractivity contribution in [3.63, 3.8) is 0 Å². The topological polar surface area (TPSA) is 77.5 Å². The molecule has 4 heterocycles. The number of likely N-dealkylation sites (tertiary alicyclic amines) is 1. The molecular formula is C20H31NO6. The van der Waals surface area contributed by atoms with Crippen LogP contribution in [0.4, 0.5) is 4.79 Å². The zero-order valence-electron chi connectivity index (χ0n) is 16.4. The summed E-state index contributed by atoms with van der Waals surface area (Å²) in [6.07, 6.45) is 3.66. The Hall–Kier alpha value is -0.890. The molecule has 4 aliphatic heterocycles. The van der Waals surface area contributed by atoms with Crippen molar-refractivity contribution in [1.29, 1.82) is 0 Å². The highest BCUT2D eigenvalue weighted by Crippen LogP contribution is 2.61. The first-order chi connectivity index (χ1) is 12.8. The summed E-state index contributed by atoms with van der Waals surface area (Å²) >= 11 is 0. The molecular weight excluding hydrogens is 350 g/mol. The van der Waals surface area contributed by atoms with Gasteiger partial charge in [0.05, 0.1) is 25.3 Å². The summed E-state index contributed by atoms with van der Waals surface area (Å²) in [4.78, 5) is 26.1. The predicted molar refractivity (Wildman–Crippen MR) is 94.4 cm³/mol. The maximum Gasteiger partial charge on any atom is 0.410 e. The SMILES string of the molecule is C[C@H]1[C@@H](OC(=O)N2CC(O)C2)C[C@@H]2O[C@@]3(C)CC[C@H]4[C@H](C)CC[C@@H]1[C@@]24OO3. The van der Waals surface area contributed by atoms with Crippen LogP contribution < -0.4 is 0 Å². The molecule has 2 aliphatic carbocycles. The molecule has 0 radical (unpaired) electrons. The van der Waals surface area contributed by atoms with Gasteiger partial charge in [-0.3, -0.25) is 0 Å². The van der Waals surface area contributed by atoms with Gasteiger partial charge in [0.25, 0.3) is 0 Å². The molecule has 27 heavy (non-hydrogen) atoms. The maximum atomic E-state index is 12.5. The molecule has 1 amide bonds. The fourth-order valence-corrected chi connectivity index (χ4v) is 6.40. The second-order valence-electron chi connectivity index (χ2n) is 9.64. The fourth-order valence-electron chi connectivity index (χ4n) is 6.40. The molecule has 6 aliphatic rings. The van der Waals surface area contributed by atoms with Crippen molar-refractivity contribution in [1.82, 2.24) is 4.90 Å². The van der Waals surface area contributed by atoms with Crippen LogP contribution >= 0.6 is 0 Å². The Balaban J connectivity index is 1.42. The molecule has 8 atom stereocenters. The molecule has 1 spiro atoms. The third-order valence-corrected chi connectivity index (χ3v) is 7.99. The average molecular weight is 381 g/mol. The summed E-state index contributed by atoms with van der Waals surface area (Å²) in [5.74, 6) is 0.704. The van der Waals surface area contributed by atoms with E-state index in [1.165, 1.54) is 0 Å². The van der Waals surface area contributed by atoms with E-state index in [4.69, 9.17) is 19.2 Å². The van der Waals surface area contributed by atoms with Crippen LogP contribution in [-0.2, 0) is 19.2 Å². The van der Waals surface area contributed by atoms with Gasteiger partial charge in [-0.25, -0.2) is 14.6 Å². The number of ether oxygens (including phenoxy) is 2. The molecule has 6 fully saturated rings. The summed E-state index contributed by atoms with van der Waals surface area (Å²) < 4.78 is 12.4. The summed E-state index contributed by atoms with van der Waals surface area (Å²) in [5.41, 5.74) is -0.428. The molecule has 4 saturated heterocycles. The van der Waals surface area contributed by atoms with Crippen molar-refractivity contribution in [2.45, 2.75) is 82.6 Å². The van der Waals surface area contributed by atoms with E-state index in [0.717, 1.165) is 25.7 Å². The van der Waals surface area contributed by atoms with Crippen LogP contribution in [-0.4, -0.2) is 58.9 Å².